The summed E-state index contributed by atoms with van der Waals surface area (Å²) in [4.78, 5) is 7.10. The molecular weight excluding hydrogens is 326 g/mol. The van der Waals surface area contributed by atoms with Gasteiger partial charge in [0, 0.05) is 62.0 Å². The second-order valence-electron chi connectivity index (χ2n) is 6.44. The number of aromatic nitrogens is 4. The topological polar surface area (TPSA) is 69.2 Å². The van der Waals surface area contributed by atoms with Gasteiger partial charge in [0.2, 0.25) is 5.89 Å². The van der Waals surface area contributed by atoms with Gasteiger partial charge in [0.1, 0.15) is 0 Å². The molecule has 2 aromatic rings. The van der Waals surface area contributed by atoms with Crippen molar-refractivity contribution < 1.29 is 9.26 Å². The lowest BCUT2D eigenvalue weighted by Crippen LogP contribution is -2.35. The molecule has 2 saturated heterocycles. The maximum Gasteiger partial charge on any atom is 0.229 e. The molecular formula is C16H23N5O2S. The fourth-order valence-electron chi connectivity index (χ4n) is 3.37. The van der Waals surface area contributed by atoms with Crippen molar-refractivity contribution in [3.8, 4) is 0 Å². The van der Waals surface area contributed by atoms with Crippen LogP contribution in [0, 0.1) is 0 Å². The van der Waals surface area contributed by atoms with Crippen LogP contribution in [0.3, 0.4) is 0 Å². The largest absolute Gasteiger partial charge is 0.381 e. The Bertz CT molecular complexity index is 667. The highest BCUT2D eigenvalue weighted by Gasteiger charge is 2.28. The molecule has 130 valence electrons. The Morgan fingerprint density at radius 1 is 1.33 bits per heavy atom. The molecule has 4 rings (SSSR count). The Morgan fingerprint density at radius 3 is 3.00 bits per heavy atom. The highest BCUT2D eigenvalue weighted by atomic mass is 32.2. The van der Waals surface area contributed by atoms with Gasteiger partial charge in [-0.05, 0) is 12.8 Å². The third-order valence-electron chi connectivity index (χ3n) is 4.75. The van der Waals surface area contributed by atoms with E-state index in [1.165, 1.54) is 5.56 Å². The van der Waals surface area contributed by atoms with Crippen molar-refractivity contribution in [2.24, 2.45) is 7.05 Å². The lowest BCUT2D eigenvalue weighted by Gasteiger charge is -2.33. The van der Waals surface area contributed by atoms with Gasteiger partial charge in [-0.15, -0.1) is 0 Å². The van der Waals surface area contributed by atoms with E-state index in [0.717, 1.165) is 62.4 Å². The molecule has 24 heavy (non-hydrogen) atoms. The van der Waals surface area contributed by atoms with Gasteiger partial charge in [0.05, 0.1) is 12.7 Å². The molecule has 0 aliphatic carbocycles. The zero-order valence-electron chi connectivity index (χ0n) is 13.9. The van der Waals surface area contributed by atoms with Gasteiger partial charge in [-0.3, -0.25) is 9.58 Å². The summed E-state index contributed by atoms with van der Waals surface area (Å²) in [6.07, 6.45) is 6.01. The molecule has 0 radical (unpaired) electrons. The zero-order chi connectivity index (χ0) is 16.4. The predicted molar refractivity (Wildman–Crippen MR) is 90.8 cm³/mol. The standard InChI is InChI=1S/C16H23N5O2S/c1-20-9-13(8-17-20)14-11-24-7-4-21(14)10-15-18-16(23-19-15)12-2-5-22-6-3-12/h8-9,12,14H,2-7,10-11H2,1H3. The average molecular weight is 349 g/mol. The summed E-state index contributed by atoms with van der Waals surface area (Å²) in [5, 5.41) is 8.54. The SMILES string of the molecule is Cn1cc(C2CSCCN2Cc2noc(C3CCOCC3)n2)cn1. The van der Waals surface area contributed by atoms with Crippen molar-refractivity contribution >= 4 is 11.8 Å². The van der Waals surface area contributed by atoms with Crippen LogP contribution < -0.4 is 0 Å². The molecule has 2 aliphatic heterocycles. The Morgan fingerprint density at radius 2 is 2.21 bits per heavy atom. The summed E-state index contributed by atoms with van der Waals surface area (Å²) in [5.74, 6) is 4.14. The van der Waals surface area contributed by atoms with Gasteiger partial charge in [-0.1, -0.05) is 5.16 Å². The molecule has 1 atom stereocenters. The number of ether oxygens (including phenoxy) is 1. The van der Waals surface area contributed by atoms with E-state index in [9.17, 15) is 0 Å². The number of aryl methyl sites for hydroxylation is 1. The smallest absolute Gasteiger partial charge is 0.229 e. The molecule has 0 saturated carbocycles. The van der Waals surface area contributed by atoms with E-state index in [2.05, 4.69) is 26.3 Å². The lowest BCUT2D eigenvalue weighted by molar-refractivity contribution is 0.0778. The maximum absolute atomic E-state index is 5.53. The van der Waals surface area contributed by atoms with Gasteiger partial charge < -0.3 is 9.26 Å². The van der Waals surface area contributed by atoms with Crippen molar-refractivity contribution in [2.45, 2.75) is 31.3 Å². The van der Waals surface area contributed by atoms with Crippen LogP contribution in [-0.4, -0.2) is 56.1 Å². The summed E-state index contributed by atoms with van der Waals surface area (Å²) in [6, 6.07) is 0.363. The van der Waals surface area contributed by atoms with Crippen LogP contribution in [-0.2, 0) is 18.3 Å². The second-order valence-corrected chi connectivity index (χ2v) is 7.59. The molecule has 0 amide bonds. The van der Waals surface area contributed by atoms with E-state index in [1.54, 1.807) is 0 Å². The molecule has 2 fully saturated rings. The maximum atomic E-state index is 5.53. The van der Waals surface area contributed by atoms with Crippen LogP contribution >= 0.6 is 11.8 Å². The van der Waals surface area contributed by atoms with E-state index < -0.39 is 0 Å². The highest BCUT2D eigenvalue weighted by molar-refractivity contribution is 7.99. The van der Waals surface area contributed by atoms with Gasteiger partial charge in [0.25, 0.3) is 0 Å². The third-order valence-corrected chi connectivity index (χ3v) is 5.77. The third kappa shape index (κ3) is 3.50. The minimum Gasteiger partial charge on any atom is -0.381 e. The normalized spacial score (nSPS) is 23.6. The quantitative estimate of drug-likeness (QED) is 0.836. The van der Waals surface area contributed by atoms with Crippen LogP contribution in [0.2, 0.25) is 0 Å². The Kier molecular flexibility index (Phi) is 4.86. The molecule has 7 nitrogen and oxygen atoms in total. The fraction of sp³-hybridized carbons (Fsp3) is 0.688. The Hall–Kier alpha value is -1.38. The van der Waals surface area contributed by atoms with Crippen LogP contribution in [0.25, 0.3) is 0 Å². The van der Waals surface area contributed by atoms with Crippen molar-refractivity contribution in [3.63, 3.8) is 0 Å². The predicted octanol–water partition coefficient (Wildman–Crippen LogP) is 1.99. The number of thioether (sulfide) groups is 1. The van der Waals surface area contributed by atoms with Crippen LogP contribution in [0.5, 0.6) is 0 Å². The number of hydrogen-bond acceptors (Lipinski definition) is 7. The summed E-state index contributed by atoms with van der Waals surface area (Å²) in [7, 11) is 1.96. The minimum atomic E-state index is 0.353. The van der Waals surface area contributed by atoms with Gasteiger partial charge in [0.15, 0.2) is 5.82 Å². The summed E-state index contributed by atoms with van der Waals surface area (Å²) < 4.78 is 12.8. The highest BCUT2D eigenvalue weighted by Crippen LogP contribution is 2.31. The first kappa shape index (κ1) is 16.1. The van der Waals surface area contributed by atoms with Crippen LogP contribution in [0.4, 0.5) is 0 Å². The molecule has 1 unspecified atom stereocenters. The molecule has 8 heteroatoms. The van der Waals surface area contributed by atoms with E-state index >= 15 is 0 Å². The first-order valence-corrected chi connectivity index (χ1v) is 9.65. The van der Waals surface area contributed by atoms with Crippen molar-refractivity contribution in [2.75, 3.05) is 31.3 Å². The van der Waals surface area contributed by atoms with Gasteiger partial charge >= 0.3 is 0 Å². The van der Waals surface area contributed by atoms with E-state index in [4.69, 9.17) is 9.26 Å². The second kappa shape index (κ2) is 7.25. The molecule has 0 spiro atoms. The number of hydrogen-bond donors (Lipinski definition) is 0. The zero-order valence-corrected chi connectivity index (χ0v) is 14.7. The molecule has 2 aliphatic rings. The minimum absolute atomic E-state index is 0.353. The van der Waals surface area contributed by atoms with Crippen LogP contribution in [0.1, 0.15) is 42.1 Å². The summed E-state index contributed by atoms with van der Waals surface area (Å²) >= 11 is 1.99. The fourth-order valence-corrected chi connectivity index (χ4v) is 4.53. The molecule has 0 aromatic carbocycles. The average Bonchev–Trinajstić information content (AvgIpc) is 3.25. The van der Waals surface area contributed by atoms with Gasteiger partial charge in [-0.25, -0.2) is 0 Å². The van der Waals surface area contributed by atoms with Crippen molar-refractivity contribution in [1.29, 1.82) is 0 Å². The summed E-state index contributed by atoms with van der Waals surface area (Å²) in [5.41, 5.74) is 1.26. The first-order valence-electron chi connectivity index (χ1n) is 8.50. The van der Waals surface area contributed by atoms with Gasteiger partial charge in [-0.2, -0.15) is 21.8 Å². The lowest BCUT2D eigenvalue weighted by atomic mass is 10.0. The molecule has 0 N–H and O–H groups in total. The molecule has 0 bridgehead atoms. The monoisotopic (exact) mass is 349 g/mol. The first-order chi connectivity index (χ1) is 11.8. The van der Waals surface area contributed by atoms with E-state index in [-0.39, 0.29) is 0 Å². The van der Waals surface area contributed by atoms with Crippen molar-refractivity contribution in [1.82, 2.24) is 24.8 Å². The molecule has 4 heterocycles. The Balaban J connectivity index is 1.45. The molecule has 2 aromatic heterocycles. The number of rotatable bonds is 4. The summed E-state index contributed by atoms with van der Waals surface area (Å²) in [6.45, 7) is 3.34. The van der Waals surface area contributed by atoms with Crippen LogP contribution in [0.15, 0.2) is 16.9 Å². The van der Waals surface area contributed by atoms with Crippen molar-refractivity contribution in [3.05, 3.63) is 29.7 Å². The van der Waals surface area contributed by atoms with E-state index in [0.29, 0.717) is 12.0 Å². The van der Waals surface area contributed by atoms with E-state index in [1.807, 2.05) is 29.7 Å². The number of nitrogens with zero attached hydrogens (tertiary/aromatic N) is 5. The Labute approximate surface area is 145 Å².